The molecule has 1 saturated heterocycles. The van der Waals surface area contributed by atoms with Gasteiger partial charge in [-0.05, 0) is 36.4 Å². The van der Waals surface area contributed by atoms with Crippen molar-refractivity contribution >= 4 is 23.4 Å². The Labute approximate surface area is 160 Å². The SMILES string of the molecule is O=C(O)c1c(N2CCN(Cc3ccco3)CC2)noc1-c1ccc(Cl)cc1. The van der Waals surface area contributed by atoms with Crippen LogP contribution in [-0.4, -0.2) is 47.3 Å². The number of carboxylic acid groups (broad SMARTS) is 1. The average molecular weight is 388 g/mol. The first kappa shape index (κ1) is 17.6. The normalized spacial score (nSPS) is 15.2. The first-order chi connectivity index (χ1) is 13.1. The van der Waals surface area contributed by atoms with Gasteiger partial charge in [-0.3, -0.25) is 4.90 Å². The summed E-state index contributed by atoms with van der Waals surface area (Å²) in [4.78, 5) is 16.1. The minimum Gasteiger partial charge on any atom is -0.477 e. The molecular formula is C19H18ClN3O4. The lowest BCUT2D eigenvalue weighted by molar-refractivity contribution is 0.0697. The van der Waals surface area contributed by atoms with Gasteiger partial charge in [-0.2, -0.15) is 0 Å². The molecule has 0 aliphatic carbocycles. The maximum absolute atomic E-state index is 11.9. The molecule has 3 heterocycles. The number of hydrogen-bond donors (Lipinski definition) is 1. The third-order valence-electron chi connectivity index (χ3n) is 4.63. The first-order valence-electron chi connectivity index (χ1n) is 8.60. The number of hydrogen-bond acceptors (Lipinski definition) is 6. The number of aromatic nitrogens is 1. The molecule has 27 heavy (non-hydrogen) atoms. The zero-order valence-corrected chi connectivity index (χ0v) is 15.2. The van der Waals surface area contributed by atoms with Crippen LogP contribution >= 0.6 is 11.6 Å². The lowest BCUT2D eigenvalue weighted by Crippen LogP contribution is -2.46. The van der Waals surface area contributed by atoms with E-state index >= 15 is 0 Å². The van der Waals surface area contributed by atoms with E-state index in [1.54, 1.807) is 30.5 Å². The van der Waals surface area contributed by atoms with Crippen LogP contribution in [0.1, 0.15) is 16.1 Å². The maximum atomic E-state index is 11.9. The van der Waals surface area contributed by atoms with Crippen LogP contribution in [0.5, 0.6) is 0 Å². The van der Waals surface area contributed by atoms with Gasteiger partial charge in [0.05, 0.1) is 12.8 Å². The summed E-state index contributed by atoms with van der Waals surface area (Å²) in [6.07, 6.45) is 1.67. The number of halogens is 1. The summed E-state index contributed by atoms with van der Waals surface area (Å²) >= 11 is 5.91. The summed E-state index contributed by atoms with van der Waals surface area (Å²) in [5.41, 5.74) is 0.712. The van der Waals surface area contributed by atoms with Crippen molar-refractivity contribution in [2.45, 2.75) is 6.54 Å². The van der Waals surface area contributed by atoms with Crippen molar-refractivity contribution in [3.8, 4) is 11.3 Å². The standard InChI is InChI=1S/C19H18ClN3O4/c20-14-5-3-13(4-6-14)17-16(19(24)25)18(21-27-17)23-9-7-22(8-10-23)12-15-2-1-11-26-15/h1-6,11H,7-10,12H2,(H,24,25). The molecule has 0 amide bonds. The monoisotopic (exact) mass is 387 g/mol. The molecule has 1 aliphatic heterocycles. The molecule has 8 heteroatoms. The third-order valence-corrected chi connectivity index (χ3v) is 4.88. The Kier molecular flexibility index (Phi) is 4.87. The van der Waals surface area contributed by atoms with Gasteiger partial charge in [0, 0.05) is 36.8 Å². The summed E-state index contributed by atoms with van der Waals surface area (Å²) < 4.78 is 10.8. The Hall–Kier alpha value is -2.77. The Morgan fingerprint density at radius 3 is 2.52 bits per heavy atom. The number of rotatable bonds is 5. The summed E-state index contributed by atoms with van der Waals surface area (Å²) in [6.45, 7) is 3.62. The van der Waals surface area contributed by atoms with Crippen LogP contribution < -0.4 is 4.90 Å². The molecule has 3 aromatic rings. The van der Waals surface area contributed by atoms with Crippen molar-refractivity contribution in [1.82, 2.24) is 10.1 Å². The molecule has 0 spiro atoms. The highest BCUT2D eigenvalue weighted by Gasteiger charge is 2.29. The van der Waals surface area contributed by atoms with Gasteiger partial charge in [-0.25, -0.2) is 4.79 Å². The largest absolute Gasteiger partial charge is 0.477 e. The molecule has 0 radical (unpaired) electrons. The van der Waals surface area contributed by atoms with Crippen LogP contribution in [0.4, 0.5) is 5.82 Å². The number of furan rings is 1. The van der Waals surface area contributed by atoms with Crippen LogP contribution in [-0.2, 0) is 6.54 Å². The number of aromatic carboxylic acids is 1. The molecule has 140 valence electrons. The van der Waals surface area contributed by atoms with E-state index < -0.39 is 5.97 Å². The van der Waals surface area contributed by atoms with E-state index in [9.17, 15) is 9.90 Å². The van der Waals surface area contributed by atoms with Crippen molar-refractivity contribution in [2.75, 3.05) is 31.1 Å². The minimum absolute atomic E-state index is 0.0804. The maximum Gasteiger partial charge on any atom is 0.343 e. The van der Waals surface area contributed by atoms with Crippen molar-refractivity contribution in [1.29, 1.82) is 0 Å². The highest BCUT2D eigenvalue weighted by atomic mass is 35.5. The molecule has 1 aromatic carbocycles. The molecule has 4 rings (SSSR count). The topological polar surface area (TPSA) is 83.0 Å². The van der Waals surface area contributed by atoms with Gasteiger partial charge >= 0.3 is 5.97 Å². The van der Waals surface area contributed by atoms with E-state index in [1.165, 1.54) is 0 Å². The Bertz CT molecular complexity index is 913. The van der Waals surface area contributed by atoms with Crippen LogP contribution in [0.25, 0.3) is 11.3 Å². The molecular weight excluding hydrogens is 370 g/mol. The molecule has 0 unspecified atom stereocenters. The fourth-order valence-electron chi connectivity index (χ4n) is 3.23. The van der Waals surface area contributed by atoms with Gasteiger partial charge < -0.3 is 18.9 Å². The molecule has 0 atom stereocenters. The molecule has 1 N–H and O–H groups in total. The zero-order valence-electron chi connectivity index (χ0n) is 14.5. The molecule has 0 saturated carbocycles. The molecule has 2 aromatic heterocycles. The first-order valence-corrected chi connectivity index (χ1v) is 8.98. The molecule has 7 nitrogen and oxygen atoms in total. The Morgan fingerprint density at radius 2 is 1.89 bits per heavy atom. The van der Waals surface area contributed by atoms with Gasteiger partial charge in [-0.1, -0.05) is 16.8 Å². The number of piperazine rings is 1. The second-order valence-corrected chi connectivity index (χ2v) is 6.80. The summed E-state index contributed by atoms with van der Waals surface area (Å²) in [6, 6.07) is 10.7. The zero-order chi connectivity index (χ0) is 18.8. The summed E-state index contributed by atoms with van der Waals surface area (Å²) in [5, 5.41) is 14.4. The summed E-state index contributed by atoms with van der Waals surface area (Å²) in [5.74, 6) is 0.465. The smallest absolute Gasteiger partial charge is 0.343 e. The van der Waals surface area contributed by atoms with Crippen LogP contribution in [0, 0.1) is 0 Å². The van der Waals surface area contributed by atoms with Gasteiger partial charge in [-0.15, -0.1) is 0 Å². The number of benzene rings is 1. The highest BCUT2D eigenvalue weighted by molar-refractivity contribution is 6.30. The fraction of sp³-hybridized carbons (Fsp3) is 0.263. The van der Waals surface area contributed by atoms with E-state index in [2.05, 4.69) is 10.1 Å². The van der Waals surface area contributed by atoms with Crippen molar-refractivity contribution < 1.29 is 18.8 Å². The van der Waals surface area contributed by atoms with E-state index in [4.69, 9.17) is 20.5 Å². The Morgan fingerprint density at radius 1 is 1.15 bits per heavy atom. The quantitative estimate of drug-likeness (QED) is 0.715. The second-order valence-electron chi connectivity index (χ2n) is 6.36. The van der Waals surface area contributed by atoms with Crippen molar-refractivity contribution in [2.24, 2.45) is 0 Å². The van der Waals surface area contributed by atoms with Gasteiger partial charge in [0.2, 0.25) is 0 Å². The van der Waals surface area contributed by atoms with Crippen LogP contribution in [0.2, 0.25) is 5.02 Å². The molecule has 1 fully saturated rings. The Balaban J connectivity index is 1.52. The third kappa shape index (κ3) is 3.70. The van der Waals surface area contributed by atoms with Crippen molar-refractivity contribution in [3.05, 3.63) is 59.0 Å². The lowest BCUT2D eigenvalue weighted by atomic mass is 10.1. The van der Waals surface area contributed by atoms with Gasteiger partial charge in [0.1, 0.15) is 5.76 Å². The average Bonchev–Trinajstić information content (AvgIpc) is 3.33. The van der Waals surface area contributed by atoms with Crippen molar-refractivity contribution in [3.63, 3.8) is 0 Å². The van der Waals surface area contributed by atoms with E-state index in [0.717, 1.165) is 25.4 Å². The lowest BCUT2D eigenvalue weighted by Gasteiger charge is -2.34. The summed E-state index contributed by atoms with van der Waals surface area (Å²) in [7, 11) is 0. The number of anilines is 1. The van der Waals surface area contributed by atoms with Crippen LogP contribution in [0.15, 0.2) is 51.6 Å². The van der Waals surface area contributed by atoms with Crippen LogP contribution in [0.3, 0.4) is 0 Å². The highest BCUT2D eigenvalue weighted by Crippen LogP contribution is 2.32. The fourth-order valence-corrected chi connectivity index (χ4v) is 3.36. The van der Waals surface area contributed by atoms with E-state index in [-0.39, 0.29) is 11.3 Å². The molecule has 0 bridgehead atoms. The minimum atomic E-state index is -1.06. The number of carbonyl (C=O) groups is 1. The second kappa shape index (κ2) is 7.46. The number of nitrogens with zero attached hydrogens (tertiary/aromatic N) is 3. The van der Waals surface area contributed by atoms with Gasteiger partial charge in [0.15, 0.2) is 17.1 Å². The van der Waals surface area contributed by atoms with E-state index in [1.807, 2.05) is 17.0 Å². The molecule has 1 aliphatic rings. The van der Waals surface area contributed by atoms with E-state index in [0.29, 0.717) is 29.5 Å². The van der Waals surface area contributed by atoms with Gasteiger partial charge in [0.25, 0.3) is 0 Å². The number of carboxylic acids is 1. The predicted octanol–water partition coefficient (Wildman–Crippen LogP) is 3.61. The predicted molar refractivity (Wildman–Crippen MR) is 100 cm³/mol.